The highest BCUT2D eigenvalue weighted by molar-refractivity contribution is 7.89. The second-order valence-corrected chi connectivity index (χ2v) is 10.4. The molecule has 4 rings (SSSR count). The molecule has 0 radical (unpaired) electrons. The first-order valence-corrected chi connectivity index (χ1v) is 10.8. The standard InChI is InChI=1S/C16H19F3N4O2S2.ClH/c1-8-13(5-12(26-8)11-4-14(22-21-11)16(17,18)19)27(24,25)23-6-9-2-3-10(7-23)15(9)20;/h4-5,9-10,15H,2-3,6-7,20H2,1H3,(H,21,22);1H/t9-,10+,15?;. The van der Waals surface area contributed by atoms with Crippen molar-refractivity contribution in [3.8, 4) is 10.6 Å². The number of nitrogens with two attached hydrogens (primary N) is 1. The van der Waals surface area contributed by atoms with E-state index in [0.29, 0.717) is 22.8 Å². The Balaban J connectivity index is 0.00000225. The fourth-order valence-corrected chi connectivity index (χ4v) is 7.07. The average molecular weight is 457 g/mol. The van der Waals surface area contributed by atoms with Gasteiger partial charge in [-0.3, -0.25) is 5.10 Å². The van der Waals surface area contributed by atoms with E-state index in [9.17, 15) is 21.6 Å². The third-order valence-electron chi connectivity index (χ3n) is 5.50. The van der Waals surface area contributed by atoms with Crippen molar-refractivity contribution in [2.45, 2.75) is 36.9 Å². The normalized spacial score (nSPS) is 25.7. The molecule has 3 heterocycles. The van der Waals surface area contributed by atoms with Gasteiger partial charge < -0.3 is 5.73 Å². The van der Waals surface area contributed by atoms with Gasteiger partial charge >= 0.3 is 6.18 Å². The number of aryl methyl sites for hydroxylation is 1. The second-order valence-electron chi connectivity index (χ2n) is 7.19. The molecule has 12 heteroatoms. The van der Waals surface area contributed by atoms with Crippen LogP contribution in [0.15, 0.2) is 17.0 Å². The number of fused-ring (bicyclic) bond motifs is 2. The number of sulfonamides is 1. The van der Waals surface area contributed by atoms with Gasteiger partial charge in [-0.25, -0.2) is 8.42 Å². The Hall–Kier alpha value is -1.14. The number of hydrogen-bond acceptors (Lipinski definition) is 5. The Morgan fingerprint density at radius 2 is 1.86 bits per heavy atom. The summed E-state index contributed by atoms with van der Waals surface area (Å²) in [6.45, 7) is 2.44. The molecule has 1 unspecified atom stereocenters. The SMILES string of the molecule is Cc1sc(-c2cc(C(F)(F)F)[nH]n2)cc1S(=O)(=O)N1C[C@H]2CC[C@@H](C1)C2N.Cl. The summed E-state index contributed by atoms with van der Waals surface area (Å²) in [5, 5.41) is 5.64. The van der Waals surface area contributed by atoms with Crippen molar-refractivity contribution in [2.75, 3.05) is 13.1 Å². The highest BCUT2D eigenvalue weighted by Crippen LogP contribution is 2.40. The third-order valence-corrected chi connectivity index (χ3v) is 8.66. The number of hydrogen-bond donors (Lipinski definition) is 2. The number of rotatable bonds is 3. The molecular weight excluding hydrogens is 437 g/mol. The van der Waals surface area contributed by atoms with Gasteiger partial charge in [-0.05, 0) is 43.7 Å². The van der Waals surface area contributed by atoms with Gasteiger partial charge in [0.1, 0.15) is 11.4 Å². The van der Waals surface area contributed by atoms with Crippen LogP contribution in [0, 0.1) is 18.8 Å². The maximum Gasteiger partial charge on any atom is 0.432 e. The molecule has 2 bridgehead atoms. The van der Waals surface area contributed by atoms with E-state index in [4.69, 9.17) is 5.73 Å². The molecule has 2 fully saturated rings. The number of nitrogens with zero attached hydrogens (tertiary/aromatic N) is 2. The molecule has 156 valence electrons. The van der Waals surface area contributed by atoms with Crippen LogP contribution in [0.5, 0.6) is 0 Å². The summed E-state index contributed by atoms with van der Waals surface area (Å²) in [6.07, 6.45) is -2.67. The average Bonchev–Trinajstić information content (AvgIpc) is 3.24. The number of aromatic nitrogens is 2. The maximum atomic E-state index is 13.1. The Bertz CT molecular complexity index is 959. The third kappa shape index (κ3) is 3.58. The summed E-state index contributed by atoms with van der Waals surface area (Å²) in [6, 6.07) is 2.35. The lowest BCUT2D eigenvalue weighted by Crippen LogP contribution is -2.50. The van der Waals surface area contributed by atoms with Gasteiger partial charge in [-0.2, -0.15) is 22.6 Å². The predicted molar refractivity (Wildman–Crippen MR) is 102 cm³/mol. The molecule has 1 saturated heterocycles. The predicted octanol–water partition coefficient (Wildman–Crippen LogP) is 3.25. The first kappa shape index (κ1) is 21.6. The molecule has 0 aromatic carbocycles. The minimum atomic E-state index is -4.53. The van der Waals surface area contributed by atoms with Crippen LogP contribution in [0.3, 0.4) is 0 Å². The van der Waals surface area contributed by atoms with Crippen molar-refractivity contribution in [3.63, 3.8) is 0 Å². The van der Waals surface area contributed by atoms with Crippen molar-refractivity contribution < 1.29 is 21.6 Å². The first-order chi connectivity index (χ1) is 12.6. The molecule has 1 aliphatic heterocycles. The molecule has 1 saturated carbocycles. The first-order valence-electron chi connectivity index (χ1n) is 8.56. The van der Waals surface area contributed by atoms with E-state index in [2.05, 4.69) is 5.10 Å². The lowest BCUT2D eigenvalue weighted by atomic mass is 9.95. The van der Waals surface area contributed by atoms with E-state index >= 15 is 0 Å². The summed E-state index contributed by atoms with van der Waals surface area (Å²) in [5.74, 6) is 0.329. The molecular formula is C16H20ClF3N4O2S2. The quantitative estimate of drug-likeness (QED) is 0.741. The number of thiophene rings is 1. The van der Waals surface area contributed by atoms with E-state index < -0.39 is 21.9 Å². The fourth-order valence-electron chi connectivity index (χ4n) is 4.00. The lowest BCUT2D eigenvalue weighted by molar-refractivity contribution is -0.141. The molecule has 1 aliphatic carbocycles. The Morgan fingerprint density at radius 1 is 1.25 bits per heavy atom. The molecule has 2 aliphatic rings. The lowest BCUT2D eigenvalue weighted by Gasteiger charge is -2.35. The smallest absolute Gasteiger partial charge is 0.327 e. The minimum Gasteiger partial charge on any atom is -0.327 e. The molecule has 2 aromatic heterocycles. The Labute approximate surface area is 170 Å². The molecule has 0 spiro atoms. The van der Waals surface area contributed by atoms with Gasteiger partial charge in [-0.15, -0.1) is 23.7 Å². The van der Waals surface area contributed by atoms with E-state index in [0.717, 1.165) is 30.2 Å². The van der Waals surface area contributed by atoms with E-state index in [1.54, 1.807) is 6.92 Å². The van der Waals surface area contributed by atoms with Crippen LogP contribution >= 0.6 is 23.7 Å². The molecule has 2 aromatic rings. The molecule has 3 N–H and O–H groups in total. The highest BCUT2D eigenvalue weighted by Gasteiger charge is 2.44. The van der Waals surface area contributed by atoms with Gasteiger partial charge in [0.2, 0.25) is 10.0 Å². The fraction of sp³-hybridized carbons (Fsp3) is 0.562. The summed E-state index contributed by atoms with van der Waals surface area (Å²) in [7, 11) is -3.72. The zero-order valence-corrected chi connectivity index (χ0v) is 17.3. The monoisotopic (exact) mass is 456 g/mol. The van der Waals surface area contributed by atoms with Gasteiger partial charge in [0.05, 0.1) is 9.77 Å². The van der Waals surface area contributed by atoms with Crippen LogP contribution in [-0.2, 0) is 16.2 Å². The van der Waals surface area contributed by atoms with E-state index in [-0.39, 0.29) is 40.9 Å². The Morgan fingerprint density at radius 3 is 2.39 bits per heavy atom. The van der Waals surface area contributed by atoms with E-state index in [1.807, 2.05) is 5.10 Å². The van der Waals surface area contributed by atoms with Crippen molar-refractivity contribution in [2.24, 2.45) is 17.6 Å². The van der Waals surface area contributed by atoms with Crippen molar-refractivity contribution >= 4 is 33.8 Å². The Kier molecular flexibility index (Phi) is 5.61. The summed E-state index contributed by atoms with van der Waals surface area (Å²) < 4.78 is 66.0. The number of nitrogens with one attached hydrogen (secondary N) is 1. The van der Waals surface area contributed by atoms with Crippen LogP contribution in [-0.4, -0.2) is 42.1 Å². The summed E-state index contributed by atoms with van der Waals surface area (Å²) >= 11 is 1.12. The number of H-pyrrole nitrogens is 1. The maximum absolute atomic E-state index is 13.1. The van der Waals surface area contributed by atoms with Crippen LogP contribution in [0.2, 0.25) is 0 Å². The second kappa shape index (κ2) is 7.28. The molecule has 6 nitrogen and oxygen atoms in total. The van der Waals surface area contributed by atoms with Gasteiger partial charge in [0.25, 0.3) is 0 Å². The minimum absolute atomic E-state index is 0. The zero-order valence-electron chi connectivity index (χ0n) is 14.9. The van der Waals surface area contributed by atoms with Crippen LogP contribution in [0.4, 0.5) is 13.2 Å². The number of alkyl halides is 3. The number of halogens is 4. The number of aromatic amines is 1. The zero-order chi connectivity index (χ0) is 19.6. The van der Waals surface area contributed by atoms with Crippen LogP contribution in [0.1, 0.15) is 23.4 Å². The largest absolute Gasteiger partial charge is 0.432 e. The van der Waals surface area contributed by atoms with Crippen LogP contribution in [0.25, 0.3) is 10.6 Å². The molecule has 0 amide bonds. The van der Waals surface area contributed by atoms with Gasteiger partial charge in [0, 0.05) is 24.0 Å². The highest BCUT2D eigenvalue weighted by atomic mass is 35.5. The molecule has 3 atom stereocenters. The molecule has 28 heavy (non-hydrogen) atoms. The van der Waals surface area contributed by atoms with Gasteiger partial charge in [-0.1, -0.05) is 0 Å². The number of piperidine rings is 1. The van der Waals surface area contributed by atoms with Crippen molar-refractivity contribution in [1.82, 2.24) is 14.5 Å². The van der Waals surface area contributed by atoms with Crippen LogP contribution < -0.4 is 5.73 Å². The van der Waals surface area contributed by atoms with Gasteiger partial charge in [0.15, 0.2) is 0 Å². The van der Waals surface area contributed by atoms with Crippen molar-refractivity contribution in [1.29, 1.82) is 0 Å². The topological polar surface area (TPSA) is 92.1 Å². The summed E-state index contributed by atoms with van der Waals surface area (Å²) in [4.78, 5) is 1.05. The summed E-state index contributed by atoms with van der Waals surface area (Å²) in [5.41, 5.74) is 5.27. The van der Waals surface area contributed by atoms with E-state index in [1.165, 1.54) is 10.4 Å². The van der Waals surface area contributed by atoms with Crippen molar-refractivity contribution in [3.05, 3.63) is 22.7 Å².